The van der Waals surface area contributed by atoms with Crippen LogP contribution < -0.4 is 4.90 Å². The molecule has 6 nitrogen and oxygen atoms in total. The number of benzene rings is 3. The molecular weight excluding hydrogens is 540 g/mol. The summed E-state index contributed by atoms with van der Waals surface area (Å²) in [6, 6.07) is 19.4. The Kier molecular flexibility index (Phi) is 5.31. The lowest BCUT2D eigenvalue weighted by atomic mass is 9.95. The Balaban J connectivity index is 1.52. The van der Waals surface area contributed by atoms with Gasteiger partial charge in [0, 0.05) is 9.86 Å². The summed E-state index contributed by atoms with van der Waals surface area (Å²) in [5, 5.41) is 12.2. The van der Waals surface area contributed by atoms with E-state index in [1.54, 1.807) is 12.1 Å². The van der Waals surface area contributed by atoms with Gasteiger partial charge < -0.3 is 9.52 Å². The van der Waals surface area contributed by atoms with Crippen LogP contribution in [0.5, 0.6) is 0 Å². The standard InChI is InChI=1S/C28H19BrN2O4S/c1-14-11-15(2)23-21(12-14)36-28(30-23)31-24(16-7-9-18(29)10-8-16)22(26(33)27(31)34)25(32)20-13-17-5-3-4-6-19(17)35-20/h3-13,24,33H,1-2H3. The number of ketones is 1. The summed E-state index contributed by atoms with van der Waals surface area (Å²) in [6.45, 7) is 3.98. The molecule has 0 radical (unpaired) electrons. The van der Waals surface area contributed by atoms with Crippen LogP contribution in [-0.2, 0) is 4.79 Å². The van der Waals surface area contributed by atoms with Crippen LogP contribution in [0.15, 0.2) is 87.0 Å². The number of anilines is 1. The largest absolute Gasteiger partial charge is 0.503 e. The van der Waals surface area contributed by atoms with Crippen LogP contribution in [0.25, 0.3) is 21.2 Å². The Morgan fingerprint density at radius 2 is 1.83 bits per heavy atom. The van der Waals surface area contributed by atoms with Crippen LogP contribution in [-0.4, -0.2) is 21.8 Å². The number of Topliss-reactive ketones (excluding diaryl/α,β-unsaturated/α-hetero) is 1. The lowest BCUT2D eigenvalue weighted by molar-refractivity contribution is -0.117. The Bertz CT molecular complexity index is 1700. The fourth-order valence-corrected chi connectivity index (χ4v) is 6.12. The molecule has 8 heteroatoms. The zero-order valence-electron chi connectivity index (χ0n) is 19.3. The third-order valence-corrected chi connectivity index (χ3v) is 7.84. The Labute approximate surface area is 218 Å². The van der Waals surface area contributed by atoms with Crippen LogP contribution in [0.1, 0.15) is 33.3 Å². The number of amides is 1. The predicted octanol–water partition coefficient (Wildman–Crippen LogP) is 7.20. The van der Waals surface area contributed by atoms with Gasteiger partial charge in [0.05, 0.1) is 21.8 Å². The quantitative estimate of drug-likeness (QED) is 0.236. The molecule has 1 N–H and O–H groups in total. The van der Waals surface area contributed by atoms with Gasteiger partial charge in [0.25, 0.3) is 5.91 Å². The van der Waals surface area contributed by atoms with Crippen LogP contribution in [0.2, 0.25) is 0 Å². The van der Waals surface area contributed by atoms with Gasteiger partial charge in [-0.2, -0.15) is 0 Å². The number of carbonyl (C=O) groups is 2. The van der Waals surface area contributed by atoms with Crippen LogP contribution in [0.4, 0.5) is 5.13 Å². The zero-order valence-corrected chi connectivity index (χ0v) is 21.7. The van der Waals surface area contributed by atoms with Crippen molar-refractivity contribution in [3.05, 3.63) is 105 Å². The summed E-state index contributed by atoms with van der Waals surface area (Å²) in [7, 11) is 0. The minimum atomic E-state index is -0.867. The number of thiazole rings is 1. The second kappa shape index (κ2) is 8.43. The molecule has 0 aliphatic carbocycles. The van der Waals surface area contributed by atoms with Crippen molar-refractivity contribution >= 4 is 65.3 Å². The SMILES string of the molecule is Cc1cc(C)c2nc(N3C(=O)C(O)=C(C(=O)c4cc5ccccc5o4)C3c3ccc(Br)cc3)sc2c1. The molecule has 1 aliphatic heterocycles. The first-order valence-electron chi connectivity index (χ1n) is 11.2. The molecule has 1 unspecified atom stereocenters. The van der Waals surface area contributed by atoms with Crippen molar-refractivity contribution in [1.82, 2.24) is 4.98 Å². The third-order valence-electron chi connectivity index (χ3n) is 6.31. The lowest BCUT2D eigenvalue weighted by Gasteiger charge is -2.24. The van der Waals surface area contributed by atoms with Gasteiger partial charge >= 0.3 is 0 Å². The van der Waals surface area contributed by atoms with E-state index in [-0.39, 0.29) is 11.3 Å². The molecule has 0 saturated carbocycles. The fourth-order valence-electron chi connectivity index (χ4n) is 4.68. The van der Waals surface area contributed by atoms with Crippen LogP contribution in [0.3, 0.4) is 0 Å². The molecule has 6 rings (SSSR count). The van der Waals surface area contributed by atoms with Crippen LogP contribution in [0, 0.1) is 13.8 Å². The summed E-state index contributed by atoms with van der Waals surface area (Å²) < 4.78 is 7.59. The molecular formula is C28H19BrN2O4S. The highest BCUT2D eigenvalue weighted by atomic mass is 79.9. The second-order valence-electron chi connectivity index (χ2n) is 8.79. The number of aromatic nitrogens is 1. The van der Waals surface area contributed by atoms with E-state index in [1.807, 2.05) is 68.4 Å². The maximum Gasteiger partial charge on any atom is 0.296 e. The summed E-state index contributed by atoms with van der Waals surface area (Å²) in [6.07, 6.45) is 0. The summed E-state index contributed by atoms with van der Waals surface area (Å²) in [4.78, 5) is 33.4. The lowest BCUT2D eigenvalue weighted by Crippen LogP contribution is -2.30. The van der Waals surface area contributed by atoms with Gasteiger partial charge in [0.1, 0.15) is 5.58 Å². The van der Waals surface area contributed by atoms with E-state index >= 15 is 0 Å². The number of nitrogens with zero attached hydrogens (tertiary/aromatic N) is 2. The third kappa shape index (κ3) is 3.56. The van der Waals surface area contributed by atoms with E-state index < -0.39 is 23.5 Å². The molecule has 5 aromatic rings. The van der Waals surface area contributed by atoms with Gasteiger partial charge in [-0.05, 0) is 60.9 Å². The van der Waals surface area contributed by atoms with E-state index in [2.05, 4.69) is 15.9 Å². The van der Waals surface area contributed by atoms with E-state index in [0.29, 0.717) is 16.3 Å². The molecule has 178 valence electrons. The summed E-state index contributed by atoms with van der Waals surface area (Å²) in [5.41, 5.74) is 4.07. The first-order valence-corrected chi connectivity index (χ1v) is 12.9. The number of hydrogen-bond donors (Lipinski definition) is 1. The molecule has 0 spiro atoms. The number of fused-ring (bicyclic) bond motifs is 2. The molecule has 1 atom stereocenters. The van der Waals surface area contributed by atoms with Crippen molar-refractivity contribution in [2.24, 2.45) is 0 Å². The van der Waals surface area contributed by atoms with E-state index in [9.17, 15) is 14.7 Å². The van der Waals surface area contributed by atoms with Crippen molar-refractivity contribution in [1.29, 1.82) is 0 Å². The van der Waals surface area contributed by atoms with E-state index in [4.69, 9.17) is 9.40 Å². The molecule has 1 amide bonds. The maximum absolute atomic E-state index is 13.8. The number of para-hydroxylation sites is 1. The minimum absolute atomic E-state index is 0.0338. The number of aliphatic hydroxyl groups is 1. The molecule has 0 saturated heterocycles. The van der Waals surface area contributed by atoms with Crippen molar-refractivity contribution in [2.75, 3.05) is 4.90 Å². The first kappa shape index (κ1) is 22.7. The minimum Gasteiger partial charge on any atom is -0.503 e. The molecule has 36 heavy (non-hydrogen) atoms. The normalized spacial score (nSPS) is 16.0. The van der Waals surface area contributed by atoms with Gasteiger partial charge in [0.2, 0.25) is 5.78 Å². The predicted molar refractivity (Wildman–Crippen MR) is 144 cm³/mol. The molecule has 0 fully saturated rings. The monoisotopic (exact) mass is 558 g/mol. The maximum atomic E-state index is 13.8. The number of furan rings is 1. The molecule has 3 aromatic carbocycles. The highest BCUT2D eigenvalue weighted by Crippen LogP contribution is 2.45. The van der Waals surface area contributed by atoms with Crippen LogP contribution >= 0.6 is 27.3 Å². The molecule has 0 bridgehead atoms. The summed E-state index contributed by atoms with van der Waals surface area (Å²) >= 11 is 4.80. The van der Waals surface area contributed by atoms with Gasteiger partial charge in [0.15, 0.2) is 16.7 Å². The number of aliphatic hydroxyl groups excluding tert-OH is 1. The van der Waals surface area contributed by atoms with Crippen molar-refractivity contribution in [3.63, 3.8) is 0 Å². The highest BCUT2D eigenvalue weighted by molar-refractivity contribution is 9.10. The molecule has 1 aliphatic rings. The average molecular weight is 559 g/mol. The number of carbonyl (C=O) groups excluding carboxylic acids is 2. The second-order valence-corrected chi connectivity index (χ2v) is 10.7. The number of aryl methyl sites for hydroxylation is 2. The summed E-state index contributed by atoms with van der Waals surface area (Å²) in [5.74, 6) is -1.75. The van der Waals surface area contributed by atoms with E-state index in [0.717, 1.165) is 31.2 Å². The highest BCUT2D eigenvalue weighted by Gasteiger charge is 2.46. The molecule has 3 heterocycles. The Morgan fingerprint density at radius 3 is 2.58 bits per heavy atom. The number of rotatable bonds is 4. The van der Waals surface area contributed by atoms with E-state index in [1.165, 1.54) is 16.2 Å². The topological polar surface area (TPSA) is 83.6 Å². The van der Waals surface area contributed by atoms with Gasteiger partial charge in [-0.1, -0.05) is 63.7 Å². The Hall–Kier alpha value is -3.75. The fraction of sp³-hybridized carbons (Fsp3) is 0.107. The smallest absolute Gasteiger partial charge is 0.296 e. The number of halogens is 1. The molecule has 2 aromatic heterocycles. The van der Waals surface area contributed by atoms with Gasteiger partial charge in [-0.3, -0.25) is 14.5 Å². The van der Waals surface area contributed by atoms with Crippen molar-refractivity contribution in [2.45, 2.75) is 19.9 Å². The van der Waals surface area contributed by atoms with Gasteiger partial charge in [-0.25, -0.2) is 4.98 Å². The number of hydrogen-bond acceptors (Lipinski definition) is 6. The van der Waals surface area contributed by atoms with Gasteiger partial charge in [-0.15, -0.1) is 0 Å². The van der Waals surface area contributed by atoms with Crippen molar-refractivity contribution in [3.8, 4) is 0 Å². The van der Waals surface area contributed by atoms with Crippen molar-refractivity contribution < 1.29 is 19.1 Å². The Morgan fingerprint density at radius 1 is 1.08 bits per heavy atom. The first-order chi connectivity index (χ1) is 17.3. The average Bonchev–Trinajstić information content (AvgIpc) is 3.54. The zero-order chi connectivity index (χ0) is 25.1.